The van der Waals surface area contributed by atoms with E-state index in [1.54, 1.807) is 24.3 Å². The third kappa shape index (κ3) is 3.55. The minimum Gasteiger partial charge on any atom is -0.507 e. The van der Waals surface area contributed by atoms with E-state index in [9.17, 15) is 30.4 Å². The van der Waals surface area contributed by atoms with Crippen LogP contribution in [0.25, 0.3) is 0 Å². The highest BCUT2D eigenvalue weighted by atomic mass is 16.3. The van der Waals surface area contributed by atoms with Crippen LogP contribution in [0.2, 0.25) is 0 Å². The van der Waals surface area contributed by atoms with Gasteiger partial charge in [-0.25, -0.2) is 0 Å². The van der Waals surface area contributed by atoms with Gasteiger partial charge < -0.3 is 25.5 Å². The van der Waals surface area contributed by atoms with Crippen LogP contribution in [0.3, 0.4) is 0 Å². The summed E-state index contributed by atoms with van der Waals surface area (Å²) < 4.78 is 0. The Kier molecular flexibility index (Phi) is 5.97. The van der Waals surface area contributed by atoms with Gasteiger partial charge in [0.1, 0.15) is 18.0 Å². The summed E-state index contributed by atoms with van der Waals surface area (Å²) in [6.45, 7) is 2.35. The van der Waals surface area contributed by atoms with Crippen molar-refractivity contribution in [3.63, 3.8) is 0 Å². The molecule has 0 aliphatic rings. The molecule has 26 heavy (non-hydrogen) atoms. The van der Waals surface area contributed by atoms with E-state index < -0.39 is 12.0 Å². The van der Waals surface area contributed by atoms with Gasteiger partial charge >= 0.3 is 0 Å². The van der Waals surface area contributed by atoms with Gasteiger partial charge in [-0.1, -0.05) is 19.0 Å². The van der Waals surface area contributed by atoms with Crippen LogP contribution in [0, 0.1) is 4.91 Å². The molecule has 0 atom stereocenters. The Balaban J connectivity index is 2.67. The number of aliphatic hydroxyl groups is 3. The quantitative estimate of drug-likeness (QED) is 0.480. The fourth-order valence-corrected chi connectivity index (χ4v) is 2.96. The highest BCUT2D eigenvalue weighted by Gasteiger charge is 2.27. The first-order chi connectivity index (χ1) is 12.3. The van der Waals surface area contributed by atoms with E-state index in [2.05, 4.69) is 5.18 Å². The molecule has 2 aromatic carbocycles. The number of aliphatic hydroxyl groups excluding tert-OH is 3. The SMILES string of the molecule is CC(C)(c1cc(CO)c(O)c(CO)c1)c1cc(CO)c(O)c(CN=O)c1. The summed E-state index contributed by atoms with van der Waals surface area (Å²) in [5.74, 6) is -0.313. The summed E-state index contributed by atoms with van der Waals surface area (Å²) in [7, 11) is 0. The minimum atomic E-state index is -0.670. The molecule has 0 aliphatic heterocycles. The van der Waals surface area contributed by atoms with E-state index in [-0.39, 0.29) is 47.9 Å². The Morgan fingerprint density at radius 3 is 1.46 bits per heavy atom. The van der Waals surface area contributed by atoms with Crippen LogP contribution in [-0.4, -0.2) is 25.5 Å². The molecule has 0 fully saturated rings. The highest BCUT2D eigenvalue weighted by molar-refractivity contribution is 5.52. The Labute approximate surface area is 151 Å². The van der Waals surface area contributed by atoms with Crippen LogP contribution in [0.4, 0.5) is 0 Å². The first kappa shape index (κ1) is 19.8. The fraction of sp³-hybridized carbons (Fsp3) is 0.368. The third-order valence-corrected chi connectivity index (χ3v) is 4.72. The molecule has 2 rings (SSSR count). The van der Waals surface area contributed by atoms with Gasteiger partial charge in [0.15, 0.2) is 0 Å². The molecule has 0 radical (unpaired) electrons. The van der Waals surface area contributed by atoms with Crippen LogP contribution in [0.1, 0.15) is 47.2 Å². The number of hydrogen-bond acceptors (Lipinski definition) is 7. The molecule has 0 aromatic heterocycles. The lowest BCUT2D eigenvalue weighted by Crippen LogP contribution is -2.20. The zero-order chi connectivity index (χ0) is 19.5. The monoisotopic (exact) mass is 361 g/mol. The molecule has 0 saturated carbocycles. The number of nitroso groups, excluding NO2 is 1. The van der Waals surface area contributed by atoms with Crippen molar-refractivity contribution < 1.29 is 25.5 Å². The zero-order valence-corrected chi connectivity index (χ0v) is 14.7. The summed E-state index contributed by atoms with van der Waals surface area (Å²) in [4.78, 5) is 10.7. The zero-order valence-electron chi connectivity index (χ0n) is 14.7. The average molecular weight is 361 g/mol. The topological polar surface area (TPSA) is 131 Å². The van der Waals surface area contributed by atoms with E-state index in [1.807, 2.05) is 13.8 Å². The first-order valence-corrected chi connectivity index (χ1v) is 8.12. The van der Waals surface area contributed by atoms with E-state index in [0.717, 1.165) is 0 Å². The van der Waals surface area contributed by atoms with Crippen LogP contribution in [0.15, 0.2) is 29.4 Å². The molecule has 2 aromatic rings. The predicted molar refractivity (Wildman–Crippen MR) is 95.6 cm³/mol. The van der Waals surface area contributed by atoms with E-state index in [1.165, 1.54) is 0 Å². The number of benzene rings is 2. The van der Waals surface area contributed by atoms with Crippen molar-refractivity contribution in [3.05, 3.63) is 62.6 Å². The van der Waals surface area contributed by atoms with Crippen molar-refractivity contribution >= 4 is 0 Å². The highest BCUT2D eigenvalue weighted by Crippen LogP contribution is 2.38. The lowest BCUT2D eigenvalue weighted by atomic mass is 9.76. The molecule has 7 nitrogen and oxygen atoms in total. The van der Waals surface area contributed by atoms with Crippen molar-refractivity contribution in [2.24, 2.45) is 5.18 Å². The second-order valence-electron chi connectivity index (χ2n) is 6.67. The maximum Gasteiger partial charge on any atom is 0.126 e. The van der Waals surface area contributed by atoms with Crippen LogP contribution in [0.5, 0.6) is 11.5 Å². The van der Waals surface area contributed by atoms with Gasteiger partial charge in [0.2, 0.25) is 0 Å². The first-order valence-electron chi connectivity index (χ1n) is 8.12. The number of phenols is 2. The number of nitrogens with zero attached hydrogens (tertiary/aromatic N) is 1. The molecule has 5 N–H and O–H groups in total. The van der Waals surface area contributed by atoms with Gasteiger partial charge in [-0.2, -0.15) is 4.91 Å². The van der Waals surface area contributed by atoms with Crippen molar-refractivity contribution in [2.75, 3.05) is 0 Å². The summed E-state index contributed by atoms with van der Waals surface area (Å²) in [6.07, 6.45) is 0. The Morgan fingerprint density at radius 2 is 1.12 bits per heavy atom. The number of rotatable bonds is 7. The van der Waals surface area contributed by atoms with Gasteiger partial charge in [0, 0.05) is 27.7 Å². The van der Waals surface area contributed by atoms with E-state index in [0.29, 0.717) is 16.7 Å². The maximum absolute atomic E-state index is 10.7. The summed E-state index contributed by atoms with van der Waals surface area (Å²) in [5, 5.41) is 51.4. The summed E-state index contributed by atoms with van der Waals surface area (Å²) >= 11 is 0. The van der Waals surface area contributed by atoms with E-state index in [4.69, 9.17) is 0 Å². The van der Waals surface area contributed by atoms with Crippen LogP contribution >= 0.6 is 0 Å². The van der Waals surface area contributed by atoms with Gasteiger partial charge in [0.25, 0.3) is 0 Å². The van der Waals surface area contributed by atoms with Gasteiger partial charge in [-0.3, -0.25) is 0 Å². The van der Waals surface area contributed by atoms with Crippen molar-refractivity contribution in [2.45, 2.75) is 45.6 Å². The normalized spacial score (nSPS) is 11.6. The molecule has 0 aliphatic carbocycles. The predicted octanol–water partition coefficient (Wildman–Crippen LogP) is 2.17. The molecule has 0 saturated heterocycles. The second-order valence-corrected chi connectivity index (χ2v) is 6.67. The molecule has 0 amide bonds. The van der Waals surface area contributed by atoms with Gasteiger partial charge in [-0.05, 0) is 35.4 Å². The van der Waals surface area contributed by atoms with Crippen molar-refractivity contribution in [1.82, 2.24) is 0 Å². The smallest absolute Gasteiger partial charge is 0.126 e. The Hall–Kier alpha value is -2.48. The molecule has 7 heteroatoms. The molecular formula is C19H23NO6. The number of aromatic hydroxyl groups is 2. The molecular weight excluding hydrogens is 338 g/mol. The minimum absolute atomic E-state index is 0.151. The Morgan fingerprint density at radius 1 is 0.769 bits per heavy atom. The van der Waals surface area contributed by atoms with Gasteiger partial charge in [-0.15, -0.1) is 0 Å². The number of hydrogen-bond donors (Lipinski definition) is 5. The second kappa shape index (κ2) is 7.82. The molecule has 0 heterocycles. The van der Waals surface area contributed by atoms with Crippen molar-refractivity contribution in [1.29, 1.82) is 0 Å². The Bertz CT molecular complexity index is 791. The summed E-state index contributed by atoms with van der Waals surface area (Å²) in [5.41, 5.74) is 1.90. The molecule has 0 spiro atoms. The molecule has 0 bridgehead atoms. The maximum atomic E-state index is 10.7. The standard InChI is InChI=1S/C19H23NO6/c1-19(2,16-5-13(9-22)18(25)14(6-16)10-23)15-3-11(7-20-26)17(24)12(4-15)8-21/h3-6,21-25H,7-10H2,1-2H3. The van der Waals surface area contributed by atoms with E-state index >= 15 is 0 Å². The van der Waals surface area contributed by atoms with Crippen LogP contribution < -0.4 is 0 Å². The fourth-order valence-electron chi connectivity index (χ4n) is 2.96. The largest absolute Gasteiger partial charge is 0.507 e. The lowest BCUT2D eigenvalue weighted by molar-refractivity contribution is 0.263. The average Bonchev–Trinajstić information content (AvgIpc) is 2.63. The van der Waals surface area contributed by atoms with Crippen molar-refractivity contribution in [3.8, 4) is 11.5 Å². The molecule has 0 unspecified atom stereocenters. The summed E-state index contributed by atoms with van der Waals surface area (Å²) in [6, 6.07) is 6.54. The molecule has 140 valence electrons. The van der Waals surface area contributed by atoms with Crippen LogP contribution in [-0.2, 0) is 31.8 Å². The third-order valence-electron chi connectivity index (χ3n) is 4.72. The lowest BCUT2D eigenvalue weighted by Gasteiger charge is -2.29. The van der Waals surface area contributed by atoms with Gasteiger partial charge in [0.05, 0.1) is 19.8 Å².